The van der Waals surface area contributed by atoms with Crippen molar-refractivity contribution in [2.24, 2.45) is 0 Å². The second-order valence-electron chi connectivity index (χ2n) is 6.29. The molecular formula is C20H22FN3O3. The predicted octanol–water partition coefficient (Wildman–Crippen LogP) is 3.32. The molecule has 0 fully saturated rings. The van der Waals surface area contributed by atoms with Crippen LogP contribution in [0, 0.1) is 5.82 Å². The summed E-state index contributed by atoms with van der Waals surface area (Å²) in [6, 6.07) is 11.0. The molecule has 1 heterocycles. The number of carbonyl (C=O) groups is 2. The molecule has 0 saturated carbocycles. The number of rotatable bonds is 5. The highest BCUT2D eigenvalue weighted by atomic mass is 19.1. The van der Waals surface area contributed by atoms with Crippen LogP contribution in [0.5, 0.6) is 5.75 Å². The van der Waals surface area contributed by atoms with Crippen LogP contribution in [0.1, 0.15) is 19.4 Å². The average Bonchev–Trinajstić information content (AvgIpc) is 3.05. The summed E-state index contributed by atoms with van der Waals surface area (Å²) in [5.74, 6) is -0.500. The van der Waals surface area contributed by atoms with E-state index < -0.39 is 11.9 Å². The van der Waals surface area contributed by atoms with E-state index in [2.05, 4.69) is 10.6 Å². The van der Waals surface area contributed by atoms with Crippen LogP contribution in [0.3, 0.4) is 0 Å². The Kier molecular flexibility index (Phi) is 5.59. The van der Waals surface area contributed by atoms with Crippen molar-refractivity contribution in [3.63, 3.8) is 0 Å². The van der Waals surface area contributed by atoms with Crippen LogP contribution in [0.25, 0.3) is 0 Å². The summed E-state index contributed by atoms with van der Waals surface area (Å²) >= 11 is 0. The first-order valence-corrected chi connectivity index (χ1v) is 8.89. The maximum Gasteiger partial charge on any atom is 0.321 e. The number of urea groups is 1. The molecule has 1 aliphatic rings. The van der Waals surface area contributed by atoms with Crippen molar-refractivity contribution in [1.29, 1.82) is 0 Å². The number of benzene rings is 2. The molecule has 1 atom stereocenters. The number of hydrogen-bond acceptors (Lipinski definition) is 3. The van der Waals surface area contributed by atoms with Gasteiger partial charge in [0.25, 0.3) is 5.91 Å². The third kappa shape index (κ3) is 4.36. The van der Waals surface area contributed by atoms with Crippen LogP contribution in [-0.2, 0) is 11.2 Å². The summed E-state index contributed by atoms with van der Waals surface area (Å²) in [5, 5.41) is 5.57. The average molecular weight is 371 g/mol. The quantitative estimate of drug-likeness (QED) is 0.847. The minimum Gasteiger partial charge on any atom is -0.481 e. The Morgan fingerprint density at radius 2 is 2.07 bits per heavy atom. The van der Waals surface area contributed by atoms with Gasteiger partial charge in [-0.05, 0) is 50.1 Å². The summed E-state index contributed by atoms with van der Waals surface area (Å²) in [6.07, 6.45) is -0.0284. The van der Waals surface area contributed by atoms with E-state index in [1.165, 1.54) is 18.2 Å². The largest absolute Gasteiger partial charge is 0.481 e. The zero-order chi connectivity index (χ0) is 19.4. The van der Waals surface area contributed by atoms with Gasteiger partial charge in [-0.3, -0.25) is 9.69 Å². The molecule has 142 valence electrons. The van der Waals surface area contributed by atoms with Gasteiger partial charge >= 0.3 is 6.03 Å². The van der Waals surface area contributed by atoms with E-state index >= 15 is 0 Å². The van der Waals surface area contributed by atoms with E-state index in [-0.39, 0.29) is 17.7 Å². The van der Waals surface area contributed by atoms with Crippen molar-refractivity contribution in [3.8, 4) is 5.75 Å². The van der Waals surface area contributed by atoms with Crippen LogP contribution in [-0.4, -0.2) is 31.1 Å². The van der Waals surface area contributed by atoms with Crippen LogP contribution in [0.2, 0.25) is 0 Å². The van der Waals surface area contributed by atoms with Crippen LogP contribution < -0.4 is 20.3 Å². The molecule has 2 aromatic rings. The molecule has 0 aliphatic carbocycles. The molecule has 2 N–H and O–H groups in total. The molecule has 27 heavy (non-hydrogen) atoms. The number of halogens is 1. The van der Waals surface area contributed by atoms with Crippen molar-refractivity contribution in [1.82, 2.24) is 5.32 Å². The Hall–Kier alpha value is -3.09. The van der Waals surface area contributed by atoms with Crippen LogP contribution in [0.15, 0.2) is 42.5 Å². The van der Waals surface area contributed by atoms with E-state index in [9.17, 15) is 14.0 Å². The lowest BCUT2D eigenvalue weighted by molar-refractivity contribution is -0.122. The van der Waals surface area contributed by atoms with Crippen molar-refractivity contribution in [2.75, 3.05) is 23.3 Å². The number of amides is 3. The molecule has 0 radical (unpaired) electrons. The second kappa shape index (κ2) is 8.07. The second-order valence-corrected chi connectivity index (χ2v) is 6.29. The standard InChI is InChI=1S/C20H22FN3O3/c1-3-22-20(26)24-10-9-14-7-8-16(12-18(14)24)23-19(25)13(2)27-17-6-4-5-15(21)11-17/h4-8,11-13H,3,9-10H2,1-2H3,(H,22,26)(H,23,25). The maximum absolute atomic E-state index is 13.2. The van der Waals surface area contributed by atoms with Gasteiger partial charge < -0.3 is 15.4 Å². The number of nitrogens with one attached hydrogen (secondary N) is 2. The summed E-state index contributed by atoms with van der Waals surface area (Å²) in [5.41, 5.74) is 2.42. The van der Waals surface area contributed by atoms with Gasteiger partial charge in [0.15, 0.2) is 6.10 Å². The first-order chi connectivity index (χ1) is 13.0. The van der Waals surface area contributed by atoms with Crippen LogP contribution in [0.4, 0.5) is 20.6 Å². The predicted molar refractivity (Wildman–Crippen MR) is 102 cm³/mol. The molecule has 0 saturated heterocycles. The first-order valence-electron chi connectivity index (χ1n) is 8.89. The highest BCUT2D eigenvalue weighted by molar-refractivity contribution is 5.97. The zero-order valence-corrected chi connectivity index (χ0v) is 15.3. The van der Waals surface area contributed by atoms with Gasteiger partial charge in [0, 0.05) is 24.8 Å². The highest BCUT2D eigenvalue weighted by Gasteiger charge is 2.25. The number of ether oxygens (including phenoxy) is 1. The number of anilines is 2. The van der Waals surface area contributed by atoms with Gasteiger partial charge in [0.1, 0.15) is 11.6 Å². The van der Waals surface area contributed by atoms with E-state index in [0.717, 1.165) is 17.7 Å². The zero-order valence-electron chi connectivity index (χ0n) is 15.3. The molecule has 0 aromatic heterocycles. The SMILES string of the molecule is CCNC(=O)N1CCc2ccc(NC(=O)C(C)Oc3cccc(F)c3)cc21. The van der Waals surface area contributed by atoms with Crippen LogP contribution >= 0.6 is 0 Å². The number of nitrogens with zero attached hydrogens (tertiary/aromatic N) is 1. The molecule has 0 bridgehead atoms. The Bertz CT molecular complexity index is 856. The number of carbonyl (C=O) groups excluding carboxylic acids is 2. The van der Waals surface area contributed by atoms with Gasteiger partial charge in [0.2, 0.25) is 0 Å². The van der Waals surface area contributed by atoms with Gasteiger partial charge in [-0.1, -0.05) is 12.1 Å². The molecule has 2 aromatic carbocycles. The van der Waals surface area contributed by atoms with Gasteiger partial charge in [-0.15, -0.1) is 0 Å². The van der Waals surface area contributed by atoms with E-state index in [0.29, 0.717) is 18.8 Å². The summed E-state index contributed by atoms with van der Waals surface area (Å²) in [7, 11) is 0. The highest BCUT2D eigenvalue weighted by Crippen LogP contribution is 2.31. The molecule has 3 amide bonds. The Labute approximate surface area is 157 Å². The summed E-state index contributed by atoms with van der Waals surface area (Å²) in [6.45, 7) is 4.62. The topological polar surface area (TPSA) is 70.7 Å². The van der Waals surface area contributed by atoms with Crippen molar-refractivity contribution in [3.05, 3.63) is 53.8 Å². The van der Waals surface area contributed by atoms with Gasteiger partial charge in [-0.25, -0.2) is 9.18 Å². The molecule has 1 aliphatic heterocycles. The Morgan fingerprint density at radius 1 is 1.26 bits per heavy atom. The molecular weight excluding hydrogens is 349 g/mol. The molecule has 7 heteroatoms. The fraction of sp³-hybridized carbons (Fsp3) is 0.300. The molecule has 6 nitrogen and oxygen atoms in total. The fourth-order valence-electron chi connectivity index (χ4n) is 2.96. The van der Waals surface area contributed by atoms with Crippen molar-refractivity contribution < 1.29 is 18.7 Å². The molecule has 1 unspecified atom stereocenters. The normalized spacial score (nSPS) is 13.7. The summed E-state index contributed by atoms with van der Waals surface area (Å²) in [4.78, 5) is 26.2. The maximum atomic E-state index is 13.2. The monoisotopic (exact) mass is 371 g/mol. The lowest BCUT2D eigenvalue weighted by atomic mass is 10.1. The first kappa shape index (κ1) is 18.7. The molecule has 3 rings (SSSR count). The van der Waals surface area contributed by atoms with Gasteiger partial charge in [0.05, 0.1) is 5.69 Å². The third-order valence-corrected chi connectivity index (χ3v) is 4.30. The number of hydrogen-bond donors (Lipinski definition) is 2. The lowest BCUT2D eigenvalue weighted by Crippen LogP contribution is -2.38. The number of fused-ring (bicyclic) bond motifs is 1. The lowest BCUT2D eigenvalue weighted by Gasteiger charge is -2.19. The van der Waals surface area contributed by atoms with Gasteiger partial charge in [-0.2, -0.15) is 0 Å². The minimum atomic E-state index is -0.806. The van der Waals surface area contributed by atoms with E-state index in [1.54, 1.807) is 30.0 Å². The molecule has 0 spiro atoms. The van der Waals surface area contributed by atoms with Crippen molar-refractivity contribution >= 4 is 23.3 Å². The minimum absolute atomic E-state index is 0.150. The third-order valence-electron chi connectivity index (χ3n) is 4.30. The Balaban J connectivity index is 1.68. The summed E-state index contributed by atoms with van der Waals surface area (Å²) < 4.78 is 18.7. The Morgan fingerprint density at radius 3 is 2.81 bits per heavy atom. The smallest absolute Gasteiger partial charge is 0.321 e. The van der Waals surface area contributed by atoms with E-state index in [1.807, 2.05) is 13.0 Å². The van der Waals surface area contributed by atoms with E-state index in [4.69, 9.17) is 4.74 Å². The fourth-order valence-corrected chi connectivity index (χ4v) is 2.96. The van der Waals surface area contributed by atoms with Crippen molar-refractivity contribution in [2.45, 2.75) is 26.4 Å².